The van der Waals surface area contributed by atoms with Gasteiger partial charge in [-0.2, -0.15) is 0 Å². The molecule has 3 amide bonds. The molecular formula is C34H31N5O3. The Hall–Kier alpha value is -5.37. The molecule has 5 aromatic rings. The zero-order chi connectivity index (χ0) is 28.9. The Labute approximate surface area is 243 Å². The maximum atomic E-state index is 14.3. The standard InChI is InChI=1S/C34H31N5O3/c40-30(35-20-19-23-11-3-1-4-12-23)22-39-29-18-10-9-17-27(29)37-31(24-13-5-2-6-14-24)32(34(39)42)38-33(41)28-21-25-15-7-8-16-26(25)36-28/h1-18,21,31-32,36-37H,19-20,22H2,(H,35,40)(H,38,41)/t31-,32-/m1/s1. The van der Waals surface area contributed by atoms with Gasteiger partial charge in [-0.15, -0.1) is 0 Å². The first-order valence-corrected chi connectivity index (χ1v) is 14.0. The molecule has 42 heavy (non-hydrogen) atoms. The van der Waals surface area contributed by atoms with Gasteiger partial charge >= 0.3 is 0 Å². The maximum absolute atomic E-state index is 14.3. The number of anilines is 2. The van der Waals surface area contributed by atoms with E-state index >= 15 is 0 Å². The summed E-state index contributed by atoms with van der Waals surface area (Å²) in [6.45, 7) is 0.255. The zero-order valence-electron chi connectivity index (χ0n) is 22.9. The number of para-hydroxylation sites is 3. The molecule has 0 bridgehead atoms. The highest BCUT2D eigenvalue weighted by molar-refractivity contribution is 6.08. The van der Waals surface area contributed by atoms with E-state index in [1.165, 1.54) is 4.90 Å². The molecule has 2 atom stereocenters. The minimum Gasteiger partial charge on any atom is -0.374 e. The Bertz CT molecular complexity index is 1680. The van der Waals surface area contributed by atoms with Crippen LogP contribution in [0.25, 0.3) is 10.9 Å². The third kappa shape index (κ3) is 5.74. The number of carbonyl (C=O) groups is 3. The van der Waals surface area contributed by atoms with Crippen molar-refractivity contribution in [2.75, 3.05) is 23.3 Å². The molecule has 4 N–H and O–H groups in total. The summed E-state index contributed by atoms with van der Waals surface area (Å²) in [5.41, 5.74) is 4.39. The van der Waals surface area contributed by atoms with Crippen LogP contribution in [-0.2, 0) is 16.0 Å². The number of aromatic amines is 1. The summed E-state index contributed by atoms with van der Waals surface area (Å²) in [5.74, 6) is -1.08. The van der Waals surface area contributed by atoms with Gasteiger partial charge in [0.1, 0.15) is 18.3 Å². The summed E-state index contributed by atoms with van der Waals surface area (Å²) in [4.78, 5) is 45.7. The largest absolute Gasteiger partial charge is 0.374 e. The lowest BCUT2D eigenvalue weighted by Crippen LogP contribution is -2.53. The predicted octanol–water partition coefficient (Wildman–Crippen LogP) is 4.83. The van der Waals surface area contributed by atoms with Crippen LogP contribution in [-0.4, -0.2) is 41.8 Å². The molecule has 0 aliphatic carbocycles. The Balaban J connectivity index is 1.29. The second kappa shape index (κ2) is 12.0. The average Bonchev–Trinajstić information content (AvgIpc) is 3.43. The third-order valence-electron chi connectivity index (χ3n) is 7.47. The van der Waals surface area contributed by atoms with Gasteiger partial charge < -0.3 is 20.9 Å². The van der Waals surface area contributed by atoms with Crippen LogP contribution < -0.4 is 20.9 Å². The van der Waals surface area contributed by atoms with Crippen molar-refractivity contribution in [2.45, 2.75) is 18.5 Å². The van der Waals surface area contributed by atoms with Gasteiger partial charge in [-0.1, -0.05) is 91.0 Å². The number of nitrogens with zero attached hydrogens (tertiary/aromatic N) is 1. The summed E-state index contributed by atoms with van der Waals surface area (Å²) >= 11 is 0. The van der Waals surface area contributed by atoms with Gasteiger partial charge in [0.25, 0.3) is 11.8 Å². The van der Waals surface area contributed by atoms with Crippen LogP contribution >= 0.6 is 0 Å². The third-order valence-corrected chi connectivity index (χ3v) is 7.47. The molecule has 0 saturated heterocycles. The van der Waals surface area contributed by atoms with E-state index in [1.54, 1.807) is 12.1 Å². The van der Waals surface area contributed by atoms with Crippen LogP contribution in [0.1, 0.15) is 27.7 Å². The number of amides is 3. The van der Waals surface area contributed by atoms with Gasteiger partial charge in [0.05, 0.1) is 17.4 Å². The molecule has 6 rings (SSSR count). The van der Waals surface area contributed by atoms with Gasteiger partial charge in [-0.25, -0.2) is 0 Å². The monoisotopic (exact) mass is 557 g/mol. The second-order valence-corrected chi connectivity index (χ2v) is 10.3. The smallest absolute Gasteiger partial charge is 0.268 e. The van der Waals surface area contributed by atoms with Gasteiger partial charge in [-0.05, 0) is 41.8 Å². The minimum atomic E-state index is -1.00. The first-order chi connectivity index (χ1) is 20.6. The highest BCUT2D eigenvalue weighted by Crippen LogP contribution is 2.35. The van der Waals surface area contributed by atoms with Crippen molar-refractivity contribution in [1.29, 1.82) is 0 Å². The lowest BCUT2D eigenvalue weighted by Gasteiger charge is -2.28. The van der Waals surface area contributed by atoms with Crippen LogP contribution in [0.5, 0.6) is 0 Å². The molecule has 1 aliphatic rings. The van der Waals surface area contributed by atoms with E-state index in [0.717, 1.165) is 22.0 Å². The first-order valence-electron chi connectivity index (χ1n) is 14.0. The van der Waals surface area contributed by atoms with E-state index < -0.39 is 18.0 Å². The van der Waals surface area contributed by atoms with Crippen molar-refractivity contribution in [3.8, 4) is 0 Å². The van der Waals surface area contributed by atoms with Crippen LogP contribution in [0.2, 0.25) is 0 Å². The SMILES string of the molecule is O=C(CN1C(=O)[C@H](NC(=O)c2cc3ccccc3[nH]2)[C@@H](c2ccccc2)Nc2ccccc21)NCCc1ccccc1. The Kier molecular flexibility index (Phi) is 7.68. The van der Waals surface area contributed by atoms with Gasteiger partial charge in [0.15, 0.2) is 0 Å². The quantitative estimate of drug-likeness (QED) is 0.219. The molecule has 0 fully saturated rings. The van der Waals surface area contributed by atoms with Crippen LogP contribution in [0.3, 0.4) is 0 Å². The van der Waals surface area contributed by atoms with Crippen LogP contribution in [0, 0.1) is 0 Å². The second-order valence-electron chi connectivity index (χ2n) is 10.3. The number of H-pyrrole nitrogens is 1. The highest BCUT2D eigenvalue weighted by Gasteiger charge is 2.39. The van der Waals surface area contributed by atoms with E-state index in [-0.39, 0.29) is 18.4 Å². The lowest BCUT2D eigenvalue weighted by atomic mass is 9.98. The van der Waals surface area contributed by atoms with E-state index in [1.807, 2.05) is 103 Å². The number of rotatable bonds is 8. The molecular weight excluding hydrogens is 526 g/mol. The summed E-state index contributed by atoms with van der Waals surface area (Å²) in [7, 11) is 0. The molecule has 2 heterocycles. The molecule has 210 valence electrons. The summed E-state index contributed by atoms with van der Waals surface area (Å²) < 4.78 is 0. The number of hydrogen-bond acceptors (Lipinski definition) is 4. The van der Waals surface area contributed by atoms with Crippen LogP contribution in [0.15, 0.2) is 115 Å². The summed E-state index contributed by atoms with van der Waals surface area (Å²) in [6, 6.07) is 34.6. The normalized spacial score (nSPS) is 16.3. The van der Waals surface area contributed by atoms with Crippen molar-refractivity contribution in [3.63, 3.8) is 0 Å². The number of aromatic nitrogens is 1. The number of nitrogens with one attached hydrogen (secondary N) is 4. The summed E-state index contributed by atoms with van der Waals surface area (Å²) in [5, 5.41) is 10.3. The predicted molar refractivity (Wildman–Crippen MR) is 164 cm³/mol. The molecule has 0 unspecified atom stereocenters. The number of hydrogen-bond donors (Lipinski definition) is 4. The maximum Gasteiger partial charge on any atom is 0.268 e. The van der Waals surface area contributed by atoms with Gasteiger partial charge in [0.2, 0.25) is 5.91 Å². The van der Waals surface area contributed by atoms with Crippen molar-refractivity contribution >= 4 is 40.0 Å². The highest BCUT2D eigenvalue weighted by atomic mass is 16.2. The fourth-order valence-corrected chi connectivity index (χ4v) is 5.36. The molecule has 8 nitrogen and oxygen atoms in total. The van der Waals surface area contributed by atoms with E-state index in [9.17, 15) is 14.4 Å². The van der Waals surface area contributed by atoms with E-state index in [2.05, 4.69) is 20.9 Å². The number of benzene rings is 4. The fourth-order valence-electron chi connectivity index (χ4n) is 5.36. The van der Waals surface area contributed by atoms with Crippen molar-refractivity contribution in [3.05, 3.63) is 132 Å². The molecule has 1 aromatic heterocycles. The molecule has 0 saturated carbocycles. The molecule has 0 spiro atoms. The van der Waals surface area contributed by atoms with Crippen molar-refractivity contribution in [1.82, 2.24) is 15.6 Å². The zero-order valence-corrected chi connectivity index (χ0v) is 22.9. The Morgan fingerprint density at radius 2 is 1.50 bits per heavy atom. The fraction of sp³-hybridized carbons (Fsp3) is 0.147. The van der Waals surface area contributed by atoms with Crippen molar-refractivity contribution in [2.24, 2.45) is 0 Å². The molecule has 0 radical (unpaired) electrons. The minimum absolute atomic E-state index is 0.188. The van der Waals surface area contributed by atoms with Crippen LogP contribution in [0.4, 0.5) is 11.4 Å². The van der Waals surface area contributed by atoms with Gasteiger partial charge in [0, 0.05) is 17.4 Å². The first kappa shape index (κ1) is 26.8. The average molecular weight is 558 g/mol. The van der Waals surface area contributed by atoms with Crippen molar-refractivity contribution < 1.29 is 14.4 Å². The van der Waals surface area contributed by atoms with Gasteiger partial charge in [-0.3, -0.25) is 19.3 Å². The van der Waals surface area contributed by atoms with E-state index in [4.69, 9.17) is 0 Å². The Morgan fingerprint density at radius 3 is 2.29 bits per heavy atom. The molecule has 1 aliphatic heterocycles. The van der Waals surface area contributed by atoms with E-state index in [0.29, 0.717) is 30.0 Å². The molecule has 8 heteroatoms. The molecule has 4 aromatic carbocycles. The Morgan fingerprint density at radius 1 is 0.810 bits per heavy atom. The lowest BCUT2D eigenvalue weighted by molar-refractivity contribution is -0.124. The number of carbonyl (C=O) groups excluding carboxylic acids is 3. The topological polar surface area (TPSA) is 106 Å². The number of fused-ring (bicyclic) bond motifs is 2. The summed E-state index contributed by atoms with van der Waals surface area (Å²) in [6.07, 6.45) is 0.679.